The lowest BCUT2D eigenvalue weighted by atomic mass is 10.1. The highest BCUT2D eigenvalue weighted by Crippen LogP contribution is 2.39. The Morgan fingerprint density at radius 1 is 0.933 bits per heavy atom. The van der Waals surface area contributed by atoms with Gasteiger partial charge < -0.3 is 13.9 Å². The standard InChI is InChI=1S/C32H23N5O8/c1-2-43-28-16-21(15-26(37(41)42)30(28)44-19-20-11-13-23(14-12-20)36(39)40)18-33-35-31(29-17-22-7-3-6-10-27(22)45-29)34-25-9-5-4-8-24(25)32(35)38/h3-18H,2,19H2,1H3. The minimum Gasteiger partial charge on any atom is -0.490 e. The molecule has 13 heteroatoms. The minimum atomic E-state index is -0.616. The summed E-state index contributed by atoms with van der Waals surface area (Å²) in [6.45, 7) is 1.79. The van der Waals surface area contributed by atoms with Crippen LogP contribution in [-0.2, 0) is 6.61 Å². The van der Waals surface area contributed by atoms with Gasteiger partial charge in [-0.3, -0.25) is 25.0 Å². The maximum atomic E-state index is 13.6. The van der Waals surface area contributed by atoms with E-state index in [0.717, 1.165) is 10.1 Å². The van der Waals surface area contributed by atoms with Gasteiger partial charge in [0, 0.05) is 29.1 Å². The Bertz CT molecular complexity index is 2140. The molecule has 0 unspecified atom stereocenters. The third kappa shape index (κ3) is 5.82. The molecule has 0 saturated carbocycles. The quantitative estimate of drug-likeness (QED) is 0.0964. The summed E-state index contributed by atoms with van der Waals surface area (Å²) in [5.41, 5.74) is 0.918. The second-order valence-corrected chi connectivity index (χ2v) is 9.73. The van der Waals surface area contributed by atoms with Crippen molar-refractivity contribution < 1.29 is 23.7 Å². The number of hydrogen-bond acceptors (Lipinski definition) is 10. The van der Waals surface area contributed by atoms with Crippen LogP contribution in [0.15, 0.2) is 105 Å². The van der Waals surface area contributed by atoms with Crippen molar-refractivity contribution in [3.05, 3.63) is 133 Å². The number of nitro groups is 2. The van der Waals surface area contributed by atoms with Crippen LogP contribution in [0.5, 0.6) is 11.5 Å². The first kappa shape index (κ1) is 28.7. The molecule has 0 aliphatic rings. The molecule has 45 heavy (non-hydrogen) atoms. The Labute approximate surface area is 253 Å². The van der Waals surface area contributed by atoms with Gasteiger partial charge in [0.25, 0.3) is 11.2 Å². The largest absolute Gasteiger partial charge is 0.490 e. The van der Waals surface area contributed by atoms with Crippen molar-refractivity contribution in [2.45, 2.75) is 13.5 Å². The third-order valence-electron chi connectivity index (χ3n) is 6.81. The van der Waals surface area contributed by atoms with Crippen LogP contribution in [0.25, 0.3) is 33.5 Å². The zero-order valence-electron chi connectivity index (χ0n) is 23.7. The van der Waals surface area contributed by atoms with E-state index in [0.29, 0.717) is 27.8 Å². The molecule has 4 aromatic carbocycles. The van der Waals surface area contributed by atoms with E-state index in [1.807, 2.05) is 18.2 Å². The molecule has 0 aliphatic heterocycles. The minimum absolute atomic E-state index is 0.0801. The summed E-state index contributed by atoms with van der Waals surface area (Å²) in [5, 5.41) is 28.6. The molecule has 0 atom stereocenters. The highest BCUT2D eigenvalue weighted by Gasteiger charge is 2.23. The predicted molar refractivity (Wildman–Crippen MR) is 166 cm³/mol. The van der Waals surface area contributed by atoms with Crippen molar-refractivity contribution in [2.75, 3.05) is 6.61 Å². The van der Waals surface area contributed by atoms with E-state index in [1.165, 1.54) is 42.6 Å². The van der Waals surface area contributed by atoms with Crippen LogP contribution in [0.1, 0.15) is 18.1 Å². The average molecular weight is 606 g/mol. The van der Waals surface area contributed by atoms with Gasteiger partial charge in [0.05, 0.1) is 33.6 Å². The van der Waals surface area contributed by atoms with Crippen molar-refractivity contribution in [3.8, 4) is 23.1 Å². The molecule has 2 aromatic heterocycles. The summed E-state index contributed by atoms with van der Waals surface area (Å²) < 4.78 is 18.6. The number of non-ortho nitro benzene ring substituents is 1. The lowest BCUT2D eigenvalue weighted by Gasteiger charge is -2.13. The smallest absolute Gasteiger partial charge is 0.315 e. The number of nitro benzene ring substituents is 2. The van der Waals surface area contributed by atoms with Crippen LogP contribution in [-0.4, -0.2) is 32.3 Å². The van der Waals surface area contributed by atoms with Crippen LogP contribution in [0.4, 0.5) is 11.4 Å². The van der Waals surface area contributed by atoms with E-state index in [1.54, 1.807) is 43.3 Å². The van der Waals surface area contributed by atoms with Crippen LogP contribution in [0.2, 0.25) is 0 Å². The normalized spacial score (nSPS) is 11.3. The first-order valence-corrected chi connectivity index (χ1v) is 13.7. The van der Waals surface area contributed by atoms with E-state index in [2.05, 4.69) is 10.1 Å². The van der Waals surface area contributed by atoms with Gasteiger partial charge in [0.2, 0.25) is 11.6 Å². The van der Waals surface area contributed by atoms with Gasteiger partial charge in [-0.15, -0.1) is 0 Å². The van der Waals surface area contributed by atoms with Gasteiger partial charge in [-0.05, 0) is 55.0 Å². The maximum Gasteiger partial charge on any atom is 0.315 e. The van der Waals surface area contributed by atoms with Gasteiger partial charge in [0.15, 0.2) is 11.5 Å². The average Bonchev–Trinajstić information content (AvgIpc) is 3.48. The summed E-state index contributed by atoms with van der Waals surface area (Å²) in [6, 6.07) is 24.3. The van der Waals surface area contributed by atoms with E-state index in [-0.39, 0.29) is 41.8 Å². The fraction of sp³-hybridized carbons (Fsp3) is 0.0938. The maximum absolute atomic E-state index is 13.6. The molecule has 224 valence electrons. The van der Waals surface area contributed by atoms with Gasteiger partial charge >= 0.3 is 5.69 Å². The number of benzene rings is 4. The Kier molecular flexibility index (Phi) is 7.72. The molecule has 0 bridgehead atoms. The summed E-state index contributed by atoms with van der Waals surface area (Å²) in [4.78, 5) is 40.2. The topological polar surface area (TPSA) is 165 Å². The molecule has 0 amide bonds. The highest BCUT2D eigenvalue weighted by molar-refractivity contribution is 5.86. The van der Waals surface area contributed by atoms with Gasteiger partial charge in [0.1, 0.15) is 12.2 Å². The molecule has 2 heterocycles. The SMILES string of the molecule is CCOc1cc(C=Nn2c(-c3cc4ccccc4o3)nc3ccccc3c2=O)cc([N+](=O)[O-])c1OCc1ccc([N+](=O)[O-])cc1. The van der Waals surface area contributed by atoms with Crippen LogP contribution >= 0.6 is 0 Å². The molecule has 6 aromatic rings. The molecule has 6 rings (SSSR count). The van der Waals surface area contributed by atoms with Crippen molar-refractivity contribution in [1.82, 2.24) is 9.66 Å². The molecular formula is C32H23N5O8. The first-order chi connectivity index (χ1) is 21.8. The van der Waals surface area contributed by atoms with Crippen LogP contribution < -0.4 is 15.0 Å². The number of fused-ring (bicyclic) bond motifs is 2. The molecule has 0 aliphatic carbocycles. The lowest BCUT2D eigenvalue weighted by Crippen LogP contribution is -2.20. The number of furan rings is 1. The molecule has 0 spiro atoms. The number of rotatable bonds is 10. The predicted octanol–water partition coefficient (Wildman–Crippen LogP) is 6.49. The second-order valence-electron chi connectivity index (χ2n) is 9.73. The highest BCUT2D eigenvalue weighted by atomic mass is 16.6. The van der Waals surface area contributed by atoms with Crippen molar-refractivity contribution >= 4 is 39.5 Å². The lowest BCUT2D eigenvalue weighted by molar-refractivity contribution is -0.386. The fourth-order valence-electron chi connectivity index (χ4n) is 4.70. The molecule has 0 radical (unpaired) electrons. The monoisotopic (exact) mass is 605 g/mol. The Morgan fingerprint density at radius 3 is 2.42 bits per heavy atom. The van der Waals surface area contributed by atoms with Crippen LogP contribution in [0.3, 0.4) is 0 Å². The number of para-hydroxylation sites is 2. The van der Waals surface area contributed by atoms with Gasteiger partial charge in [-0.25, -0.2) is 4.98 Å². The Balaban J connectivity index is 1.41. The summed E-state index contributed by atoms with van der Waals surface area (Å²) in [7, 11) is 0. The zero-order chi connectivity index (χ0) is 31.5. The molecule has 13 nitrogen and oxygen atoms in total. The Morgan fingerprint density at radius 2 is 1.69 bits per heavy atom. The Hall–Kier alpha value is -6.37. The summed E-state index contributed by atoms with van der Waals surface area (Å²) in [6.07, 6.45) is 1.29. The number of hydrogen-bond donors (Lipinski definition) is 0. The number of ether oxygens (including phenoxy) is 2. The van der Waals surface area contributed by atoms with E-state index in [4.69, 9.17) is 13.9 Å². The van der Waals surface area contributed by atoms with E-state index in [9.17, 15) is 25.0 Å². The van der Waals surface area contributed by atoms with E-state index >= 15 is 0 Å². The van der Waals surface area contributed by atoms with Crippen molar-refractivity contribution in [3.63, 3.8) is 0 Å². The zero-order valence-corrected chi connectivity index (χ0v) is 23.7. The second kappa shape index (κ2) is 12.1. The summed E-state index contributed by atoms with van der Waals surface area (Å²) >= 11 is 0. The molecule has 0 fully saturated rings. The fourth-order valence-corrected chi connectivity index (χ4v) is 4.70. The van der Waals surface area contributed by atoms with Gasteiger partial charge in [-0.1, -0.05) is 30.3 Å². The van der Waals surface area contributed by atoms with Crippen molar-refractivity contribution in [2.24, 2.45) is 5.10 Å². The molecule has 0 saturated heterocycles. The number of nitrogens with zero attached hydrogens (tertiary/aromatic N) is 5. The van der Waals surface area contributed by atoms with Crippen molar-refractivity contribution in [1.29, 1.82) is 0 Å². The van der Waals surface area contributed by atoms with Crippen LogP contribution in [0, 0.1) is 20.2 Å². The van der Waals surface area contributed by atoms with E-state index < -0.39 is 21.1 Å². The summed E-state index contributed by atoms with van der Waals surface area (Å²) in [5.74, 6) is 0.419. The number of aromatic nitrogens is 2. The van der Waals surface area contributed by atoms with Gasteiger partial charge in [-0.2, -0.15) is 9.78 Å². The third-order valence-corrected chi connectivity index (χ3v) is 6.81. The first-order valence-electron chi connectivity index (χ1n) is 13.7. The molecule has 0 N–H and O–H groups in total. The molecular weight excluding hydrogens is 582 g/mol.